The van der Waals surface area contributed by atoms with Gasteiger partial charge in [0.25, 0.3) is 0 Å². The topological polar surface area (TPSA) is 20.3 Å². The summed E-state index contributed by atoms with van der Waals surface area (Å²) in [4.78, 5) is 13.4. The standard InChI is InChI=1S/C14H17F2NO/c1-10(18)11-3-2-6-17(8-11)9-12-4-5-13(15)7-14(12)16/h4-5,7,11H,2-3,6,8-9H2,1H3. The number of halogens is 2. The number of carbonyl (C=O) groups excluding carboxylic acids is 1. The van der Waals surface area contributed by atoms with Gasteiger partial charge in [-0.25, -0.2) is 8.78 Å². The number of benzene rings is 1. The molecule has 1 aliphatic heterocycles. The number of Topliss-reactive ketones (excluding diaryl/α,β-unsaturated/α-hetero) is 1. The van der Waals surface area contributed by atoms with E-state index in [1.807, 2.05) is 0 Å². The van der Waals surface area contributed by atoms with Crippen LogP contribution in [0.1, 0.15) is 25.3 Å². The Balaban J connectivity index is 2.02. The highest BCUT2D eigenvalue weighted by Gasteiger charge is 2.23. The number of likely N-dealkylation sites (tertiary alicyclic amines) is 1. The Hall–Kier alpha value is -1.29. The van der Waals surface area contributed by atoms with E-state index in [1.54, 1.807) is 6.92 Å². The molecule has 0 bridgehead atoms. The Labute approximate surface area is 106 Å². The van der Waals surface area contributed by atoms with Gasteiger partial charge in [0.15, 0.2) is 0 Å². The van der Waals surface area contributed by atoms with Gasteiger partial charge in [0, 0.05) is 30.6 Å². The van der Waals surface area contributed by atoms with Crippen molar-refractivity contribution in [2.24, 2.45) is 5.92 Å². The number of piperidine rings is 1. The summed E-state index contributed by atoms with van der Waals surface area (Å²) in [6.45, 7) is 3.58. The van der Waals surface area contributed by atoms with E-state index in [2.05, 4.69) is 4.90 Å². The van der Waals surface area contributed by atoms with Crippen LogP contribution in [0.15, 0.2) is 18.2 Å². The first-order chi connectivity index (χ1) is 8.56. The third kappa shape index (κ3) is 3.13. The van der Waals surface area contributed by atoms with Gasteiger partial charge in [-0.1, -0.05) is 6.07 Å². The summed E-state index contributed by atoms with van der Waals surface area (Å²) in [7, 11) is 0. The van der Waals surface area contributed by atoms with Crippen molar-refractivity contribution in [2.45, 2.75) is 26.3 Å². The maximum atomic E-state index is 13.5. The molecule has 0 aliphatic carbocycles. The van der Waals surface area contributed by atoms with Gasteiger partial charge < -0.3 is 0 Å². The molecule has 0 N–H and O–H groups in total. The maximum Gasteiger partial charge on any atom is 0.134 e. The average Bonchev–Trinajstić information content (AvgIpc) is 2.33. The summed E-state index contributed by atoms with van der Waals surface area (Å²) in [5.74, 6) is -0.821. The highest BCUT2D eigenvalue weighted by atomic mass is 19.1. The number of hydrogen-bond donors (Lipinski definition) is 0. The van der Waals surface area contributed by atoms with Crippen molar-refractivity contribution in [1.29, 1.82) is 0 Å². The molecule has 0 aromatic heterocycles. The third-order valence-corrected chi connectivity index (χ3v) is 3.49. The van der Waals surface area contributed by atoms with E-state index in [0.29, 0.717) is 18.7 Å². The van der Waals surface area contributed by atoms with Gasteiger partial charge in [0.05, 0.1) is 0 Å². The van der Waals surface area contributed by atoms with Gasteiger partial charge >= 0.3 is 0 Å². The molecular formula is C14H17F2NO. The molecule has 4 heteroatoms. The van der Waals surface area contributed by atoms with Crippen molar-refractivity contribution in [3.05, 3.63) is 35.4 Å². The first kappa shape index (κ1) is 13.1. The molecule has 18 heavy (non-hydrogen) atoms. The summed E-state index contributed by atoms with van der Waals surface area (Å²) >= 11 is 0. The van der Waals surface area contributed by atoms with Crippen LogP contribution in [0.5, 0.6) is 0 Å². The zero-order valence-corrected chi connectivity index (χ0v) is 10.5. The molecule has 1 aromatic rings. The van der Waals surface area contributed by atoms with Gasteiger partial charge in [0.1, 0.15) is 17.4 Å². The van der Waals surface area contributed by atoms with Gasteiger partial charge in [-0.2, -0.15) is 0 Å². The zero-order valence-electron chi connectivity index (χ0n) is 10.5. The predicted octanol–water partition coefficient (Wildman–Crippen LogP) is 2.77. The molecule has 1 saturated heterocycles. The molecule has 1 unspecified atom stereocenters. The van der Waals surface area contributed by atoms with Crippen LogP contribution in [0.3, 0.4) is 0 Å². The van der Waals surface area contributed by atoms with Crippen molar-refractivity contribution in [2.75, 3.05) is 13.1 Å². The zero-order chi connectivity index (χ0) is 13.1. The lowest BCUT2D eigenvalue weighted by molar-refractivity contribution is -0.122. The van der Waals surface area contributed by atoms with Crippen LogP contribution in [0.2, 0.25) is 0 Å². The number of carbonyl (C=O) groups is 1. The molecule has 2 nitrogen and oxygen atoms in total. The second-order valence-electron chi connectivity index (χ2n) is 4.92. The van der Waals surface area contributed by atoms with Gasteiger partial charge in [-0.05, 0) is 32.4 Å². The minimum atomic E-state index is -0.559. The molecule has 98 valence electrons. The molecule has 1 aliphatic rings. The highest BCUT2D eigenvalue weighted by molar-refractivity contribution is 5.78. The third-order valence-electron chi connectivity index (χ3n) is 3.49. The van der Waals surface area contributed by atoms with E-state index in [4.69, 9.17) is 0 Å². The molecule has 0 spiro atoms. The van der Waals surface area contributed by atoms with Gasteiger partial charge in [-0.15, -0.1) is 0 Å². The van der Waals surface area contributed by atoms with Crippen LogP contribution >= 0.6 is 0 Å². The van der Waals surface area contributed by atoms with Crippen molar-refractivity contribution in [3.8, 4) is 0 Å². The maximum absolute atomic E-state index is 13.5. The molecular weight excluding hydrogens is 236 g/mol. The average molecular weight is 253 g/mol. The second kappa shape index (κ2) is 5.57. The molecule has 1 aromatic carbocycles. The van der Waals surface area contributed by atoms with Gasteiger partial charge in [0.2, 0.25) is 0 Å². The first-order valence-electron chi connectivity index (χ1n) is 6.23. The minimum Gasteiger partial charge on any atom is -0.300 e. The van der Waals surface area contributed by atoms with Crippen LogP contribution in [0, 0.1) is 17.6 Å². The Kier molecular flexibility index (Phi) is 4.07. The van der Waals surface area contributed by atoms with Crippen LogP contribution < -0.4 is 0 Å². The summed E-state index contributed by atoms with van der Waals surface area (Å²) in [5.41, 5.74) is 0.487. The number of nitrogens with zero attached hydrogens (tertiary/aromatic N) is 1. The van der Waals surface area contributed by atoms with E-state index in [1.165, 1.54) is 12.1 Å². The van der Waals surface area contributed by atoms with Crippen molar-refractivity contribution >= 4 is 5.78 Å². The Morgan fingerprint density at radius 2 is 2.22 bits per heavy atom. The largest absolute Gasteiger partial charge is 0.300 e. The lowest BCUT2D eigenvalue weighted by atomic mass is 9.94. The number of rotatable bonds is 3. The Bertz CT molecular complexity index is 447. The lowest BCUT2D eigenvalue weighted by Crippen LogP contribution is -2.37. The molecule has 0 radical (unpaired) electrons. The van der Waals surface area contributed by atoms with Gasteiger partial charge in [-0.3, -0.25) is 9.69 Å². The summed E-state index contributed by atoms with van der Waals surface area (Å²) in [5, 5.41) is 0. The number of hydrogen-bond acceptors (Lipinski definition) is 2. The fourth-order valence-electron chi connectivity index (χ4n) is 2.42. The normalized spacial score (nSPS) is 20.9. The fraction of sp³-hybridized carbons (Fsp3) is 0.500. The van der Waals surface area contributed by atoms with Crippen LogP contribution in [0.25, 0.3) is 0 Å². The monoisotopic (exact) mass is 253 g/mol. The quantitative estimate of drug-likeness (QED) is 0.825. The smallest absolute Gasteiger partial charge is 0.134 e. The Morgan fingerprint density at radius 1 is 1.44 bits per heavy atom. The first-order valence-corrected chi connectivity index (χ1v) is 6.23. The SMILES string of the molecule is CC(=O)C1CCCN(Cc2ccc(F)cc2F)C1. The van der Waals surface area contributed by atoms with Crippen molar-refractivity contribution in [1.82, 2.24) is 4.90 Å². The van der Waals surface area contributed by atoms with Crippen LogP contribution in [0.4, 0.5) is 8.78 Å². The Morgan fingerprint density at radius 3 is 2.89 bits per heavy atom. The summed E-state index contributed by atoms with van der Waals surface area (Å²) in [6, 6.07) is 3.65. The van der Waals surface area contributed by atoms with Crippen LogP contribution in [-0.4, -0.2) is 23.8 Å². The predicted molar refractivity (Wildman–Crippen MR) is 65.0 cm³/mol. The fourth-order valence-corrected chi connectivity index (χ4v) is 2.42. The molecule has 2 rings (SSSR count). The second-order valence-corrected chi connectivity index (χ2v) is 4.92. The van der Waals surface area contributed by atoms with E-state index in [-0.39, 0.29) is 11.7 Å². The summed E-state index contributed by atoms with van der Waals surface area (Å²) < 4.78 is 26.3. The van der Waals surface area contributed by atoms with E-state index < -0.39 is 11.6 Å². The van der Waals surface area contributed by atoms with E-state index in [9.17, 15) is 13.6 Å². The lowest BCUT2D eigenvalue weighted by Gasteiger charge is -2.31. The van der Waals surface area contributed by atoms with Crippen molar-refractivity contribution in [3.63, 3.8) is 0 Å². The van der Waals surface area contributed by atoms with Crippen LogP contribution in [-0.2, 0) is 11.3 Å². The minimum absolute atomic E-state index is 0.0576. The molecule has 1 atom stereocenters. The molecule has 1 heterocycles. The molecule has 1 fully saturated rings. The van der Waals surface area contributed by atoms with E-state index >= 15 is 0 Å². The van der Waals surface area contributed by atoms with E-state index in [0.717, 1.165) is 25.5 Å². The number of ketones is 1. The highest BCUT2D eigenvalue weighted by Crippen LogP contribution is 2.20. The molecule has 0 amide bonds. The molecule has 0 saturated carbocycles. The summed E-state index contributed by atoms with van der Waals surface area (Å²) in [6.07, 6.45) is 1.87. The van der Waals surface area contributed by atoms with Crippen molar-refractivity contribution < 1.29 is 13.6 Å².